The van der Waals surface area contributed by atoms with Crippen molar-refractivity contribution in [1.82, 2.24) is 15.2 Å². The molecule has 1 unspecified atom stereocenters. The standard InChI is InChI=1S/C16H27N3O/c1-4-16-12-19(7-8-20-16)11-15-6-5-14(10-18-15)9-17-13(2)3/h5-6,10,13,16-17H,4,7-9,11-12H2,1-3H3. The van der Waals surface area contributed by atoms with E-state index in [0.29, 0.717) is 12.1 Å². The lowest BCUT2D eigenvalue weighted by Gasteiger charge is -2.32. The van der Waals surface area contributed by atoms with E-state index in [1.807, 2.05) is 6.20 Å². The molecule has 1 N–H and O–H groups in total. The summed E-state index contributed by atoms with van der Waals surface area (Å²) in [6.45, 7) is 11.2. The molecule has 1 aromatic rings. The Hall–Kier alpha value is -0.970. The van der Waals surface area contributed by atoms with E-state index in [1.165, 1.54) is 5.56 Å². The van der Waals surface area contributed by atoms with E-state index in [4.69, 9.17) is 4.74 Å². The summed E-state index contributed by atoms with van der Waals surface area (Å²) in [4.78, 5) is 7.02. The Morgan fingerprint density at radius 3 is 2.95 bits per heavy atom. The summed E-state index contributed by atoms with van der Waals surface area (Å²) in [6, 6.07) is 4.83. The van der Waals surface area contributed by atoms with Crippen LogP contribution in [0.1, 0.15) is 38.4 Å². The maximum atomic E-state index is 5.70. The predicted octanol–water partition coefficient (Wildman–Crippen LogP) is 2.19. The highest BCUT2D eigenvalue weighted by molar-refractivity contribution is 5.14. The van der Waals surface area contributed by atoms with Crippen molar-refractivity contribution in [2.45, 2.75) is 52.4 Å². The first-order valence-electron chi connectivity index (χ1n) is 7.68. The molecule has 20 heavy (non-hydrogen) atoms. The third kappa shape index (κ3) is 4.85. The summed E-state index contributed by atoms with van der Waals surface area (Å²) < 4.78 is 5.70. The third-order valence-electron chi connectivity index (χ3n) is 3.66. The Kier molecular flexibility index (Phi) is 5.95. The molecule has 112 valence electrons. The van der Waals surface area contributed by atoms with Gasteiger partial charge >= 0.3 is 0 Å². The molecule has 0 saturated carbocycles. The summed E-state index contributed by atoms with van der Waals surface area (Å²) in [5, 5.41) is 3.41. The average Bonchev–Trinajstić information content (AvgIpc) is 2.47. The number of pyridine rings is 1. The summed E-state index contributed by atoms with van der Waals surface area (Å²) >= 11 is 0. The number of rotatable bonds is 6. The molecule has 0 radical (unpaired) electrons. The van der Waals surface area contributed by atoms with Crippen molar-refractivity contribution >= 4 is 0 Å². The number of aromatic nitrogens is 1. The van der Waals surface area contributed by atoms with Gasteiger partial charge in [0.15, 0.2) is 0 Å². The van der Waals surface area contributed by atoms with Gasteiger partial charge in [-0.05, 0) is 18.1 Å². The molecule has 2 rings (SSSR count). The van der Waals surface area contributed by atoms with Crippen molar-refractivity contribution in [2.24, 2.45) is 0 Å². The van der Waals surface area contributed by atoms with Crippen LogP contribution in [0.5, 0.6) is 0 Å². The Morgan fingerprint density at radius 2 is 2.30 bits per heavy atom. The molecule has 0 spiro atoms. The van der Waals surface area contributed by atoms with Crippen molar-refractivity contribution in [3.8, 4) is 0 Å². The molecule has 0 bridgehead atoms. The predicted molar refractivity (Wildman–Crippen MR) is 81.5 cm³/mol. The second-order valence-corrected chi connectivity index (χ2v) is 5.83. The summed E-state index contributed by atoms with van der Waals surface area (Å²) in [5.41, 5.74) is 2.39. The van der Waals surface area contributed by atoms with Crippen LogP contribution in [0.25, 0.3) is 0 Å². The second-order valence-electron chi connectivity index (χ2n) is 5.83. The lowest BCUT2D eigenvalue weighted by molar-refractivity contribution is -0.0328. The zero-order valence-corrected chi connectivity index (χ0v) is 12.9. The molecule has 2 heterocycles. The highest BCUT2D eigenvalue weighted by Gasteiger charge is 2.19. The monoisotopic (exact) mass is 277 g/mol. The van der Waals surface area contributed by atoms with Crippen molar-refractivity contribution in [3.05, 3.63) is 29.6 Å². The van der Waals surface area contributed by atoms with Gasteiger partial charge in [-0.1, -0.05) is 26.8 Å². The lowest BCUT2D eigenvalue weighted by atomic mass is 10.2. The fourth-order valence-corrected chi connectivity index (χ4v) is 2.38. The number of nitrogens with one attached hydrogen (secondary N) is 1. The fourth-order valence-electron chi connectivity index (χ4n) is 2.38. The molecule has 1 fully saturated rings. The van der Waals surface area contributed by atoms with E-state index >= 15 is 0 Å². The Labute approximate surface area is 122 Å². The summed E-state index contributed by atoms with van der Waals surface area (Å²) in [7, 11) is 0. The first-order chi connectivity index (χ1) is 9.67. The quantitative estimate of drug-likeness (QED) is 0.865. The second kappa shape index (κ2) is 7.72. The molecule has 1 aromatic heterocycles. The van der Waals surface area contributed by atoms with Crippen molar-refractivity contribution in [2.75, 3.05) is 19.7 Å². The van der Waals surface area contributed by atoms with E-state index in [1.54, 1.807) is 0 Å². The van der Waals surface area contributed by atoms with Gasteiger partial charge in [-0.3, -0.25) is 9.88 Å². The molecular weight excluding hydrogens is 250 g/mol. The lowest BCUT2D eigenvalue weighted by Crippen LogP contribution is -2.41. The largest absolute Gasteiger partial charge is 0.376 e. The van der Waals surface area contributed by atoms with E-state index in [0.717, 1.165) is 44.9 Å². The number of hydrogen-bond donors (Lipinski definition) is 1. The van der Waals surface area contributed by atoms with Crippen LogP contribution in [0.2, 0.25) is 0 Å². The maximum Gasteiger partial charge on any atom is 0.0700 e. The molecule has 0 amide bonds. The van der Waals surface area contributed by atoms with Gasteiger partial charge in [-0.25, -0.2) is 0 Å². The van der Waals surface area contributed by atoms with Crippen LogP contribution in [0.4, 0.5) is 0 Å². The zero-order valence-electron chi connectivity index (χ0n) is 12.9. The molecule has 0 aromatic carbocycles. The number of morpholine rings is 1. The minimum Gasteiger partial charge on any atom is -0.376 e. The minimum atomic E-state index is 0.387. The van der Waals surface area contributed by atoms with Gasteiger partial charge in [0.1, 0.15) is 0 Å². The molecule has 1 aliphatic rings. The topological polar surface area (TPSA) is 37.4 Å². The van der Waals surface area contributed by atoms with Crippen molar-refractivity contribution < 1.29 is 4.74 Å². The van der Waals surface area contributed by atoms with Crippen LogP contribution in [0, 0.1) is 0 Å². The Balaban J connectivity index is 1.83. The molecule has 4 heteroatoms. The summed E-state index contributed by atoms with van der Waals surface area (Å²) in [6.07, 6.45) is 3.46. The highest BCUT2D eigenvalue weighted by Crippen LogP contribution is 2.11. The van der Waals surface area contributed by atoms with Gasteiger partial charge < -0.3 is 10.1 Å². The Bertz CT molecular complexity index is 391. The first-order valence-corrected chi connectivity index (χ1v) is 7.68. The fraction of sp³-hybridized carbons (Fsp3) is 0.688. The normalized spacial score (nSPS) is 20.5. The van der Waals surface area contributed by atoms with Gasteiger partial charge in [0, 0.05) is 38.4 Å². The molecular formula is C16H27N3O. The first kappa shape index (κ1) is 15.4. The van der Waals surface area contributed by atoms with Gasteiger partial charge in [0.05, 0.1) is 18.4 Å². The van der Waals surface area contributed by atoms with Crippen LogP contribution in [-0.4, -0.2) is 41.7 Å². The van der Waals surface area contributed by atoms with Gasteiger partial charge in [0.2, 0.25) is 0 Å². The molecule has 1 aliphatic heterocycles. The smallest absolute Gasteiger partial charge is 0.0700 e. The van der Waals surface area contributed by atoms with Crippen LogP contribution in [0.15, 0.2) is 18.3 Å². The van der Waals surface area contributed by atoms with Crippen LogP contribution in [0.3, 0.4) is 0 Å². The third-order valence-corrected chi connectivity index (χ3v) is 3.66. The van der Waals surface area contributed by atoms with E-state index in [2.05, 4.69) is 48.1 Å². The van der Waals surface area contributed by atoms with Crippen LogP contribution >= 0.6 is 0 Å². The number of ether oxygens (including phenoxy) is 1. The van der Waals surface area contributed by atoms with E-state index in [9.17, 15) is 0 Å². The molecule has 1 saturated heterocycles. The SMILES string of the molecule is CCC1CN(Cc2ccc(CNC(C)C)cn2)CCO1. The average molecular weight is 277 g/mol. The van der Waals surface area contributed by atoms with Crippen molar-refractivity contribution in [3.63, 3.8) is 0 Å². The van der Waals surface area contributed by atoms with Gasteiger partial charge in [-0.2, -0.15) is 0 Å². The Morgan fingerprint density at radius 1 is 1.45 bits per heavy atom. The highest BCUT2D eigenvalue weighted by atomic mass is 16.5. The number of hydrogen-bond acceptors (Lipinski definition) is 4. The zero-order chi connectivity index (χ0) is 14.4. The van der Waals surface area contributed by atoms with E-state index < -0.39 is 0 Å². The maximum absolute atomic E-state index is 5.70. The molecule has 0 aliphatic carbocycles. The van der Waals surface area contributed by atoms with E-state index in [-0.39, 0.29) is 0 Å². The van der Waals surface area contributed by atoms with Crippen LogP contribution < -0.4 is 5.32 Å². The summed E-state index contributed by atoms with van der Waals surface area (Å²) in [5.74, 6) is 0. The minimum absolute atomic E-state index is 0.387. The molecule has 4 nitrogen and oxygen atoms in total. The van der Waals surface area contributed by atoms with Crippen molar-refractivity contribution in [1.29, 1.82) is 0 Å². The molecule has 1 atom stereocenters. The number of nitrogens with zero attached hydrogens (tertiary/aromatic N) is 2. The van der Waals surface area contributed by atoms with Crippen LogP contribution in [-0.2, 0) is 17.8 Å². The van der Waals surface area contributed by atoms with Gasteiger partial charge in [0.25, 0.3) is 0 Å². The van der Waals surface area contributed by atoms with Gasteiger partial charge in [-0.15, -0.1) is 0 Å².